The van der Waals surface area contributed by atoms with Crippen LogP contribution in [0.25, 0.3) is 0 Å². The van der Waals surface area contributed by atoms with E-state index in [4.69, 9.17) is 21.1 Å². The summed E-state index contributed by atoms with van der Waals surface area (Å²) in [6, 6.07) is -0.443. The van der Waals surface area contributed by atoms with Gasteiger partial charge in [0.15, 0.2) is 0 Å². The quantitative estimate of drug-likeness (QED) is 0.742. The SMILES string of the molecule is CC(C)COC(=O)N1CCC(NC(=O)OCCCl)C(O)C1. The molecule has 0 aromatic carbocycles. The second kappa shape index (κ2) is 8.94. The van der Waals surface area contributed by atoms with Gasteiger partial charge in [-0.2, -0.15) is 0 Å². The molecule has 1 aliphatic rings. The van der Waals surface area contributed by atoms with Crippen molar-refractivity contribution in [3.63, 3.8) is 0 Å². The zero-order chi connectivity index (χ0) is 15.8. The molecule has 0 radical (unpaired) electrons. The molecule has 0 spiro atoms. The number of carbonyl (C=O) groups is 2. The number of hydrogen-bond donors (Lipinski definition) is 2. The van der Waals surface area contributed by atoms with Crippen molar-refractivity contribution in [3.05, 3.63) is 0 Å². The Bertz CT molecular complexity index is 353. The number of aliphatic hydroxyl groups is 1. The maximum atomic E-state index is 11.8. The van der Waals surface area contributed by atoms with Crippen molar-refractivity contribution in [2.24, 2.45) is 5.92 Å². The lowest BCUT2D eigenvalue weighted by molar-refractivity contribution is 0.0258. The Balaban J connectivity index is 2.36. The fraction of sp³-hybridized carbons (Fsp3) is 0.846. The average Bonchev–Trinajstić information content (AvgIpc) is 2.44. The first-order valence-corrected chi connectivity index (χ1v) is 7.56. The van der Waals surface area contributed by atoms with Crippen LogP contribution in [0.5, 0.6) is 0 Å². The van der Waals surface area contributed by atoms with Crippen molar-refractivity contribution in [2.75, 3.05) is 32.2 Å². The van der Waals surface area contributed by atoms with E-state index in [2.05, 4.69) is 5.32 Å². The van der Waals surface area contributed by atoms with Gasteiger partial charge in [0.25, 0.3) is 0 Å². The number of hydrogen-bond acceptors (Lipinski definition) is 5. The van der Waals surface area contributed by atoms with Gasteiger partial charge in [0.05, 0.1) is 31.2 Å². The lowest BCUT2D eigenvalue weighted by Crippen LogP contribution is -2.55. The summed E-state index contributed by atoms with van der Waals surface area (Å²) < 4.78 is 9.89. The summed E-state index contributed by atoms with van der Waals surface area (Å²) >= 11 is 5.41. The first-order valence-electron chi connectivity index (χ1n) is 7.03. The Kier molecular flexibility index (Phi) is 7.60. The zero-order valence-corrected chi connectivity index (χ0v) is 13.1. The van der Waals surface area contributed by atoms with Gasteiger partial charge in [-0.3, -0.25) is 0 Å². The highest BCUT2D eigenvalue weighted by Gasteiger charge is 2.32. The highest BCUT2D eigenvalue weighted by atomic mass is 35.5. The lowest BCUT2D eigenvalue weighted by atomic mass is 10.0. The van der Waals surface area contributed by atoms with Gasteiger partial charge in [-0.15, -0.1) is 11.6 Å². The van der Waals surface area contributed by atoms with E-state index < -0.39 is 24.3 Å². The summed E-state index contributed by atoms with van der Waals surface area (Å²) in [5, 5.41) is 12.6. The Morgan fingerprint density at radius 1 is 1.43 bits per heavy atom. The standard InChI is InChI=1S/C13H23ClN2O5/c1-9(2)8-21-13(19)16-5-3-10(11(17)7-16)15-12(18)20-6-4-14/h9-11,17H,3-8H2,1-2H3,(H,15,18). The van der Waals surface area contributed by atoms with E-state index in [-0.39, 0.29) is 24.9 Å². The summed E-state index contributed by atoms with van der Waals surface area (Å²) in [6.45, 7) is 4.89. The van der Waals surface area contributed by atoms with E-state index in [9.17, 15) is 14.7 Å². The van der Waals surface area contributed by atoms with Crippen molar-refractivity contribution in [2.45, 2.75) is 32.4 Å². The predicted molar refractivity (Wildman–Crippen MR) is 77.4 cm³/mol. The third kappa shape index (κ3) is 6.39. The smallest absolute Gasteiger partial charge is 0.409 e. The third-order valence-electron chi connectivity index (χ3n) is 2.99. The van der Waals surface area contributed by atoms with Gasteiger partial charge in [-0.05, 0) is 12.3 Å². The summed E-state index contributed by atoms with van der Waals surface area (Å²) in [6.07, 6.45) is -1.47. The Morgan fingerprint density at radius 2 is 2.14 bits per heavy atom. The first kappa shape index (κ1) is 17.8. The Hall–Kier alpha value is -1.21. The van der Waals surface area contributed by atoms with Gasteiger partial charge < -0.3 is 24.8 Å². The number of carbonyl (C=O) groups excluding carboxylic acids is 2. The van der Waals surface area contributed by atoms with E-state index in [0.29, 0.717) is 19.6 Å². The van der Waals surface area contributed by atoms with E-state index in [1.807, 2.05) is 13.8 Å². The maximum Gasteiger partial charge on any atom is 0.409 e. The molecule has 1 heterocycles. The van der Waals surface area contributed by atoms with Gasteiger partial charge in [-0.25, -0.2) is 9.59 Å². The number of β-amino-alcohol motifs (C(OH)–C–C–N with tert-alkyl or cyclic N) is 1. The van der Waals surface area contributed by atoms with E-state index in [0.717, 1.165) is 0 Å². The molecule has 1 fully saturated rings. The number of ether oxygens (including phenoxy) is 2. The first-order chi connectivity index (χ1) is 9.93. The molecule has 0 aromatic heterocycles. The number of alkyl carbamates (subject to hydrolysis) is 1. The highest BCUT2D eigenvalue weighted by molar-refractivity contribution is 6.18. The Morgan fingerprint density at radius 3 is 2.71 bits per heavy atom. The molecule has 7 nitrogen and oxygen atoms in total. The molecule has 2 N–H and O–H groups in total. The van der Waals surface area contributed by atoms with Crippen LogP contribution in [0.4, 0.5) is 9.59 Å². The summed E-state index contributed by atoms with van der Waals surface area (Å²) in [4.78, 5) is 24.6. The van der Waals surface area contributed by atoms with Crippen molar-refractivity contribution in [3.8, 4) is 0 Å². The van der Waals surface area contributed by atoms with Crippen LogP contribution < -0.4 is 5.32 Å². The van der Waals surface area contributed by atoms with E-state index in [1.54, 1.807) is 0 Å². The van der Waals surface area contributed by atoms with Crippen molar-refractivity contribution in [1.82, 2.24) is 10.2 Å². The molecule has 8 heteroatoms. The van der Waals surface area contributed by atoms with Crippen LogP contribution in [-0.4, -0.2) is 66.5 Å². The highest BCUT2D eigenvalue weighted by Crippen LogP contribution is 2.13. The molecule has 0 saturated carbocycles. The molecule has 0 bridgehead atoms. The van der Waals surface area contributed by atoms with Crippen LogP contribution in [0.3, 0.4) is 0 Å². The van der Waals surface area contributed by atoms with Crippen molar-refractivity contribution in [1.29, 1.82) is 0 Å². The number of nitrogens with zero attached hydrogens (tertiary/aromatic N) is 1. The van der Waals surface area contributed by atoms with Crippen LogP contribution in [0.1, 0.15) is 20.3 Å². The zero-order valence-electron chi connectivity index (χ0n) is 12.4. The van der Waals surface area contributed by atoms with Crippen LogP contribution in [0.2, 0.25) is 0 Å². The van der Waals surface area contributed by atoms with Gasteiger partial charge >= 0.3 is 12.2 Å². The summed E-state index contributed by atoms with van der Waals surface area (Å²) in [5.41, 5.74) is 0. The molecule has 1 rings (SSSR count). The molecule has 2 amide bonds. The molecule has 1 aliphatic heterocycles. The number of piperidine rings is 1. The summed E-state index contributed by atoms with van der Waals surface area (Å²) in [5.74, 6) is 0.477. The number of amides is 2. The largest absolute Gasteiger partial charge is 0.449 e. The number of alkyl halides is 1. The lowest BCUT2D eigenvalue weighted by Gasteiger charge is -2.35. The number of rotatable bonds is 5. The van der Waals surface area contributed by atoms with Crippen LogP contribution >= 0.6 is 11.6 Å². The minimum Gasteiger partial charge on any atom is -0.449 e. The van der Waals surface area contributed by atoms with Gasteiger partial charge in [0, 0.05) is 6.54 Å². The molecule has 2 unspecified atom stereocenters. The van der Waals surface area contributed by atoms with Crippen LogP contribution in [0, 0.1) is 5.92 Å². The summed E-state index contributed by atoms with van der Waals surface area (Å²) in [7, 11) is 0. The van der Waals surface area contributed by atoms with Crippen LogP contribution in [-0.2, 0) is 9.47 Å². The molecule has 0 aromatic rings. The number of likely N-dealkylation sites (tertiary alicyclic amines) is 1. The van der Waals surface area contributed by atoms with Gasteiger partial charge in [-0.1, -0.05) is 13.8 Å². The Labute approximate surface area is 129 Å². The number of nitrogens with one attached hydrogen (secondary N) is 1. The fourth-order valence-corrected chi connectivity index (χ4v) is 2.00. The van der Waals surface area contributed by atoms with E-state index in [1.165, 1.54) is 4.90 Å². The molecule has 1 saturated heterocycles. The normalized spacial score (nSPS) is 22.0. The predicted octanol–water partition coefficient (Wildman–Crippen LogP) is 1.18. The second-order valence-corrected chi connectivity index (χ2v) is 5.73. The molecular formula is C13H23ClN2O5. The average molecular weight is 323 g/mol. The third-order valence-corrected chi connectivity index (χ3v) is 3.15. The molecular weight excluding hydrogens is 300 g/mol. The minimum absolute atomic E-state index is 0.115. The monoisotopic (exact) mass is 322 g/mol. The van der Waals surface area contributed by atoms with Gasteiger partial charge in [0.1, 0.15) is 6.61 Å². The van der Waals surface area contributed by atoms with Gasteiger partial charge in [0.2, 0.25) is 0 Å². The van der Waals surface area contributed by atoms with Crippen molar-refractivity contribution >= 4 is 23.8 Å². The maximum absolute atomic E-state index is 11.8. The van der Waals surface area contributed by atoms with E-state index >= 15 is 0 Å². The second-order valence-electron chi connectivity index (χ2n) is 5.35. The molecule has 122 valence electrons. The molecule has 21 heavy (non-hydrogen) atoms. The topological polar surface area (TPSA) is 88.1 Å². The number of aliphatic hydroxyl groups excluding tert-OH is 1. The minimum atomic E-state index is -0.853. The van der Waals surface area contributed by atoms with Crippen molar-refractivity contribution < 1.29 is 24.2 Å². The molecule has 2 atom stereocenters. The number of halogens is 1. The fourth-order valence-electron chi connectivity index (χ4n) is 1.92. The molecule has 0 aliphatic carbocycles. The van der Waals surface area contributed by atoms with Crippen LogP contribution in [0.15, 0.2) is 0 Å².